The van der Waals surface area contributed by atoms with Crippen LogP contribution in [0, 0.1) is 0 Å². The number of β-amino-alcohol motifs (C(OH)–C–C–N with tert-alkyl or cyclic N) is 1. The van der Waals surface area contributed by atoms with Crippen LogP contribution in [0.1, 0.15) is 12.8 Å². The summed E-state index contributed by atoms with van der Waals surface area (Å²) in [7, 11) is 0. The minimum absolute atomic E-state index is 0.0880. The highest BCUT2D eigenvalue weighted by Gasteiger charge is 2.33. The van der Waals surface area contributed by atoms with Crippen molar-refractivity contribution in [1.82, 2.24) is 4.90 Å². The van der Waals surface area contributed by atoms with Crippen LogP contribution in [0.5, 0.6) is 0 Å². The summed E-state index contributed by atoms with van der Waals surface area (Å²) in [5.41, 5.74) is -1.10. The number of carbonyl (C=O) groups excluding carboxylic acids is 1. The topological polar surface area (TPSA) is 60.8 Å². The van der Waals surface area contributed by atoms with Crippen molar-refractivity contribution >= 4 is 18.5 Å². The van der Waals surface area contributed by atoms with Crippen molar-refractivity contribution in [3.63, 3.8) is 0 Å². The Hall–Kier alpha value is -0.260. The van der Waals surface area contributed by atoms with E-state index in [1.807, 2.05) is 0 Å². The maximum atomic E-state index is 11.2. The number of piperidine rings is 1. The first-order valence-electron chi connectivity index (χ1n) is 4.33. The minimum atomic E-state index is -1.10. The Morgan fingerprint density at radius 2 is 2.31 bits per heavy atom. The summed E-state index contributed by atoms with van der Waals surface area (Å²) in [4.78, 5) is 12.8. The molecule has 1 rings (SSSR count). The minimum Gasteiger partial charge on any atom is -0.393 e. The van der Waals surface area contributed by atoms with Crippen LogP contribution in [0.4, 0.5) is 0 Å². The van der Waals surface area contributed by atoms with E-state index in [9.17, 15) is 9.90 Å². The number of hydrogen-bond acceptors (Lipinski definition) is 4. The molecule has 0 aliphatic carbocycles. The highest BCUT2D eigenvalue weighted by molar-refractivity contribution is 7.81. The lowest BCUT2D eigenvalue weighted by molar-refractivity contribution is -0.137. The van der Waals surface area contributed by atoms with E-state index in [4.69, 9.17) is 5.11 Å². The van der Waals surface area contributed by atoms with Crippen LogP contribution in [0.3, 0.4) is 0 Å². The number of aliphatic hydroxyl groups excluding tert-OH is 1. The molecule has 1 aliphatic heterocycles. The Bertz CT molecular complexity index is 200. The Morgan fingerprint density at radius 3 is 2.85 bits per heavy atom. The predicted molar refractivity (Wildman–Crippen MR) is 51.7 cm³/mol. The fraction of sp³-hybridized carbons (Fsp3) is 0.875. The molecule has 0 saturated carbocycles. The summed E-state index contributed by atoms with van der Waals surface area (Å²) in [6.45, 7) is 0.591. The third-order valence-electron chi connectivity index (χ3n) is 2.34. The highest BCUT2D eigenvalue weighted by Crippen LogP contribution is 2.20. The summed E-state index contributed by atoms with van der Waals surface area (Å²) in [5.74, 6) is 0.0662. The van der Waals surface area contributed by atoms with Crippen molar-refractivity contribution in [2.75, 3.05) is 25.4 Å². The molecule has 0 aromatic carbocycles. The maximum Gasteiger partial charge on any atom is 0.232 e. The number of thiol groups is 1. The molecular weight excluding hydrogens is 190 g/mol. The van der Waals surface area contributed by atoms with Gasteiger partial charge in [-0.15, -0.1) is 0 Å². The second kappa shape index (κ2) is 4.30. The molecule has 0 radical (unpaired) electrons. The first-order chi connectivity index (χ1) is 6.11. The second-order valence-electron chi connectivity index (χ2n) is 3.46. The van der Waals surface area contributed by atoms with Crippen LogP contribution >= 0.6 is 12.6 Å². The summed E-state index contributed by atoms with van der Waals surface area (Å²) < 4.78 is 0. The molecule has 1 saturated heterocycles. The SMILES string of the molecule is O=C(CS)N1CCCC(O)(CO)C1. The van der Waals surface area contributed by atoms with Gasteiger partial charge in [0, 0.05) is 6.54 Å². The Balaban J connectivity index is 2.56. The van der Waals surface area contributed by atoms with E-state index < -0.39 is 5.60 Å². The predicted octanol–water partition coefficient (Wildman–Crippen LogP) is -0.738. The van der Waals surface area contributed by atoms with Gasteiger partial charge in [-0.1, -0.05) is 0 Å². The molecule has 1 fully saturated rings. The molecule has 0 bridgehead atoms. The van der Waals surface area contributed by atoms with E-state index in [0.29, 0.717) is 13.0 Å². The van der Waals surface area contributed by atoms with Crippen molar-refractivity contribution in [3.05, 3.63) is 0 Å². The number of nitrogens with zero attached hydrogens (tertiary/aromatic N) is 1. The van der Waals surface area contributed by atoms with Gasteiger partial charge in [-0.3, -0.25) is 4.79 Å². The molecule has 1 aliphatic rings. The second-order valence-corrected chi connectivity index (χ2v) is 3.78. The third kappa shape index (κ3) is 2.59. The Morgan fingerprint density at radius 1 is 1.62 bits per heavy atom. The summed E-state index contributed by atoms with van der Waals surface area (Å²) in [5, 5.41) is 18.6. The quantitative estimate of drug-likeness (QED) is 0.520. The van der Waals surface area contributed by atoms with Gasteiger partial charge < -0.3 is 15.1 Å². The van der Waals surface area contributed by atoms with Gasteiger partial charge in [0.15, 0.2) is 0 Å². The van der Waals surface area contributed by atoms with E-state index in [2.05, 4.69) is 12.6 Å². The van der Waals surface area contributed by atoms with Crippen LogP contribution in [0.2, 0.25) is 0 Å². The zero-order valence-electron chi connectivity index (χ0n) is 7.44. The molecule has 76 valence electrons. The van der Waals surface area contributed by atoms with E-state index in [0.717, 1.165) is 6.42 Å². The van der Waals surface area contributed by atoms with E-state index in [1.54, 1.807) is 4.90 Å². The average Bonchev–Trinajstić information content (AvgIpc) is 2.17. The Kier molecular flexibility index (Phi) is 3.58. The fourth-order valence-electron chi connectivity index (χ4n) is 1.55. The van der Waals surface area contributed by atoms with E-state index in [1.165, 1.54) is 0 Å². The highest BCUT2D eigenvalue weighted by atomic mass is 32.1. The van der Waals surface area contributed by atoms with Crippen LogP contribution in [0.15, 0.2) is 0 Å². The monoisotopic (exact) mass is 205 g/mol. The number of likely N-dealkylation sites (tertiary alicyclic amines) is 1. The van der Waals surface area contributed by atoms with Crippen LogP contribution < -0.4 is 0 Å². The first kappa shape index (κ1) is 10.8. The van der Waals surface area contributed by atoms with Gasteiger partial charge in [0.1, 0.15) is 5.60 Å². The van der Waals surface area contributed by atoms with Crippen molar-refractivity contribution in [2.45, 2.75) is 18.4 Å². The Labute approximate surface area is 83.0 Å². The van der Waals surface area contributed by atoms with Gasteiger partial charge in [-0.05, 0) is 12.8 Å². The van der Waals surface area contributed by atoms with Crippen molar-refractivity contribution < 1.29 is 15.0 Å². The first-order valence-corrected chi connectivity index (χ1v) is 4.96. The molecular formula is C8H15NO3S. The van der Waals surface area contributed by atoms with Crippen molar-refractivity contribution in [3.8, 4) is 0 Å². The summed E-state index contributed by atoms with van der Waals surface area (Å²) in [6, 6.07) is 0. The smallest absolute Gasteiger partial charge is 0.232 e. The largest absolute Gasteiger partial charge is 0.393 e. The van der Waals surface area contributed by atoms with E-state index >= 15 is 0 Å². The lowest BCUT2D eigenvalue weighted by atomic mass is 9.94. The molecule has 0 spiro atoms. The van der Waals surface area contributed by atoms with Gasteiger partial charge in [0.25, 0.3) is 0 Å². The van der Waals surface area contributed by atoms with Gasteiger partial charge in [0.2, 0.25) is 5.91 Å². The van der Waals surface area contributed by atoms with Gasteiger partial charge in [-0.25, -0.2) is 0 Å². The number of carbonyl (C=O) groups is 1. The lowest BCUT2D eigenvalue weighted by Crippen LogP contribution is -2.52. The standard InChI is InChI=1S/C8H15NO3S/c10-6-8(12)2-1-3-9(5-8)7(11)4-13/h10,12-13H,1-6H2. The molecule has 2 N–H and O–H groups in total. The number of rotatable bonds is 2. The van der Waals surface area contributed by atoms with Gasteiger partial charge >= 0.3 is 0 Å². The van der Waals surface area contributed by atoms with Gasteiger partial charge in [-0.2, -0.15) is 12.6 Å². The molecule has 0 aromatic rings. The maximum absolute atomic E-state index is 11.2. The molecule has 1 unspecified atom stereocenters. The van der Waals surface area contributed by atoms with Crippen LogP contribution in [-0.2, 0) is 4.79 Å². The zero-order chi connectivity index (χ0) is 9.90. The number of hydrogen-bond donors (Lipinski definition) is 3. The van der Waals surface area contributed by atoms with Crippen molar-refractivity contribution in [1.29, 1.82) is 0 Å². The number of amides is 1. The molecule has 1 amide bonds. The normalized spacial score (nSPS) is 29.0. The molecule has 5 heteroatoms. The molecule has 1 heterocycles. The molecule has 1 atom stereocenters. The van der Waals surface area contributed by atoms with Crippen LogP contribution in [-0.4, -0.2) is 52.1 Å². The third-order valence-corrected chi connectivity index (χ3v) is 2.61. The number of aliphatic hydroxyl groups is 2. The van der Waals surface area contributed by atoms with Gasteiger partial charge in [0.05, 0.1) is 18.9 Å². The van der Waals surface area contributed by atoms with Crippen molar-refractivity contribution in [2.24, 2.45) is 0 Å². The summed E-state index contributed by atoms with van der Waals surface area (Å²) in [6.07, 6.45) is 1.29. The fourth-order valence-corrected chi connectivity index (χ4v) is 1.75. The molecule has 13 heavy (non-hydrogen) atoms. The lowest BCUT2D eigenvalue weighted by Gasteiger charge is -2.37. The molecule has 4 nitrogen and oxygen atoms in total. The van der Waals surface area contributed by atoms with E-state index in [-0.39, 0.29) is 24.8 Å². The zero-order valence-corrected chi connectivity index (χ0v) is 8.33. The molecule has 0 aromatic heterocycles. The summed E-state index contributed by atoms with van der Waals surface area (Å²) >= 11 is 3.88. The van der Waals surface area contributed by atoms with Crippen LogP contribution in [0.25, 0.3) is 0 Å². The average molecular weight is 205 g/mol.